The second-order valence-electron chi connectivity index (χ2n) is 5.46. The first kappa shape index (κ1) is 15.1. The highest BCUT2D eigenvalue weighted by molar-refractivity contribution is 7.85. The van der Waals surface area contributed by atoms with E-state index in [9.17, 15) is 13.2 Å². The smallest absolute Gasteiger partial charge is 0.427 e. The van der Waals surface area contributed by atoms with E-state index in [1.54, 1.807) is 20.8 Å². The van der Waals surface area contributed by atoms with Crippen LogP contribution in [-0.2, 0) is 21.6 Å². The molecule has 2 rings (SSSR count). The third-order valence-corrected chi connectivity index (χ3v) is 3.77. The average molecular weight is 310 g/mol. The van der Waals surface area contributed by atoms with Crippen LogP contribution in [0.3, 0.4) is 0 Å². The van der Waals surface area contributed by atoms with Gasteiger partial charge in [-0.2, -0.15) is 18.0 Å². The van der Waals surface area contributed by atoms with Crippen molar-refractivity contribution in [2.24, 2.45) is 0 Å². The summed E-state index contributed by atoms with van der Waals surface area (Å²) in [6.07, 6.45) is -1.02. The van der Waals surface area contributed by atoms with E-state index in [0.717, 1.165) is 0 Å². The van der Waals surface area contributed by atoms with Gasteiger partial charge in [0.1, 0.15) is 11.4 Å². The first-order chi connectivity index (χ1) is 9.62. The zero-order valence-corrected chi connectivity index (χ0v) is 12.6. The molecule has 0 saturated carbocycles. The van der Waals surface area contributed by atoms with E-state index in [0.29, 0.717) is 15.4 Å². The van der Waals surface area contributed by atoms with Gasteiger partial charge >= 0.3 is 16.4 Å². The molecule has 1 aliphatic heterocycles. The first-order valence-electron chi connectivity index (χ1n) is 6.10. The summed E-state index contributed by atoms with van der Waals surface area (Å²) in [7, 11) is -4.25. The van der Waals surface area contributed by atoms with E-state index in [1.165, 1.54) is 18.2 Å². The molecule has 0 fully saturated rings. The van der Waals surface area contributed by atoms with Crippen molar-refractivity contribution in [2.75, 3.05) is 0 Å². The molecule has 21 heavy (non-hydrogen) atoms. The van der Waals surface area contributed by atoms with Crippen LogP contribution < -0.4 is 4.18 Å². The van der Waals surface area contributed by atoms with Crippen molar-refractivity contribution in [2.45, 2.75) is 32.9 Å². The van der Waals surface area contributed by atoms with Crippen LogP contribution in [0.25, 0.3) is 0 Å². The van der Waals surface area contributed by atoms with Gasteiger partial charge < -0.3 is 8.92 Å². The van der Waals surface area contributed by atoms with E-state index >= 15 is 0 Å². The minimum atomic E-state index is -4.25. The van der Waals surface area contributed by atoms with Crippen LogP contribution in [0, 0.1) is 11.3 Å². The Morgan fingerprint density at radius 2 is 2.10 bits per heavy atom. The predicted octanol–water partition coefficient (Wildman–Crippen LogP) is 1.93. The highest BCUT2D eigenvalue weighted by Gasteiger charge is 2.38. The summed E-state index contributed by atoms with van der Waals surface area (Å²) in [6, 6.07) is 6.24. The van der Waals surface area contributed by atoms with Gasteiger partial charge in [0.2, 0.25) is 0 Å². The van der Waals surface area contributed by atoms with Gasteiger partial charge in [0.15, 0.2) is 0 Å². The van der Waals surface area contributed by atoms with Crippen LogP contribution in [-0.4, -0.2) is 24.4 Å². The van der Waals surface area contributed by atoms with Crippen molar-refractivity contribution in [1.29, 1.82) is 5.26 Å². The van der Waals surface area contributed by atoms with Crippen molar-refractivity contribution in [3.8, 4) is 11.8 Å². The average Bonchev–Trinajstić information content (AvgIpc) is 2.34. The van der Waals surface area contributed by atoms with Crippen LogP contribution in [0.15, 0.2) is 18.2 Å². The number of carbonyl (C=O) groups is 1. The Balaban J connectivity index is 2.36. The van der Waals surface area contributed by atoms with Gasteiger partial charge in [0, 0.05) is 5.56 Å². The normalized spacial score (nSPS) is 16.4. The van der Waals surface area contributed by atoms with Gasteiger partial charge in [-0.1, -0.05) is 0 Å². The summed E-state index contributed by atoms with van der Waals surface area (Å²) < 4.78 is 34.3. The Morgan fingerprint density at radius 3 is 2.67 bits per heavy atom. The first-order valence-corrected chi connectivity index (χ1v) is 7.47. The summed E-state index contributed by atoms with van der Waals surface area (Å²) in [5.74, 6) is 0.105. The van der Waals surface area contributed by atoms with Crippen LogP contribution in [0.2, 0.25) is 0 Å². The van der Waals surface area contributed by atoms with Gasteiger partial charge in [-0.25, -0.2) is 4.79 Å². The molecule has 0 unspecified atom stereocenters. The van der Waals surface area contributed by atoms with E-state index in [1.807, 2.05) is 6.07 Å². The summed E-state index contributed by atoms with van der Waals surface area (Å²) in [5.41, 5.74) is -0.0583. The molecule has 112 valence electrons. The Labute approximate surface area is 122 Å². The Morgan fingerprint density at radius 1 is 1.43 bits per heavy atom. The summed E-state index contributed by atoms with van der Waals surface area (Å²) in [6.45, 7) is 4.65. The van der Waals surface area contributed by atoms with Crippen LogP contribution in [0.5, 0.6) is 5.75 Å². The van der Waals surface area contributed by atoms with Gasteiger partial charge in [0.25, 0.3) is 0 Å². The van der Waals surface area contributed by atoms with Crippen molar-refractivity contribution < 1.29 is 22.1 Å². The second kappa shape index (κ2) is 4.93. The van der Waals surface area contributed by atoms with E-state index in [4.69, 9.17) is 14.2 Å². The maximum Gasteiger partial charge on any atom is 0.427 e. The summed E-state index contributed by atoms with van der Waals surface area (Å²) in [4.78, 5) is 12.0. The van der Waals surface area contributed by atoms with Gasteiger partial charge in [-0.15, -0.1) is 0 Å². The Kier molecular flexibility index (Phi) is 3.55. The monoisotopic (exact) mass is 310 g/mol. The highest BCUT2D eigenvalue weighted by Crippen LogP contribution is 2.30. The molecular formula is C13H14N2O5S. The van der Waals surface area contributed by atoms with Gasteiger partial charge in [-0.05, 0) is 39.0 Å². The minimum absolute atomic E-state index is 0.105. The number of amides is 1. The highest BCUT2D eigenvalue weighted by atomic mass is 32.2. The number of ether oxygens (including phenoxy) is 1. The number of rotatable bonds is 0. The molecule has 0 N–H and O–H groups in total. The van der Waals surface area contributed by atoms with Crippen LogP contribution in [0.4, 0.5) is 4.79 Å². The fraction of sp³-hybridized carbons (Fsp3) is 0.385. The molecule has 0 atom stereocenters. The zero-order valence-electron chi connectivity index (χ0n) is 11.8. The van der Waals surface area contributed by atoms with E-state index in [-0.39, 0.29) is 12.3 Å². The fourth-order valence-corrected chi connectivity index (χ4v) is 2.71. The molecule has 0 aliphatic carbocycles. The number of carbonyl (C=O) groups excluding carboxylic acids is 1. The van der Waals surface area contributed by atoms with Crippen molar-refractivity contribution >= 4 is 16.4 Å². The predicted molar refractivity (Wildman–Crippen MR) is 72.5 cm³/mol. The van der Waals surface area contributed by atoms with Gasteiger partial charge in [-0.3, -0.25) is 0 Å². The molecular weight excluding hydrogens is 296 g/mol. The summed E-state index contributed by atoms with van der Waals surface area (Å²) >= 11 is 0. The molecule has 0 aromatic heterocycles. The standard InChI is InChI=1S/C13H14N2O5S/c1-13(2,3)19-12(16)15-8-10-6-9(7-14)4-5-11(10)20-21(15,17)18/h4-6H,8H2,1-3H3. The minimum Gasteiger partial charge on any atom is -0.443 e. The molecule has 1 aromatic rings. The van der Waals surface area contributed by atoms with Crippen LogP contribution in [0.1, 0.15) is 31.9 Å². The number of hydrogen-bond acceptors (Lipinski definition) is 6. The third-order valence-electron chi connectivity index (χ3n) is 2.57. The molecule has 0 radical (unpaired) electrons. The fourth-order valence-electron chi connectivity index (χ4n) is 1.71. The van der Waals surface area contributed by atoms with E-state index < -0.39 is 22.0 Å². The van der Waals surface area contributed by atoms with E-state index in [2.05, 4.69) is 0 Å². The molecule has 1 amide bonds. The molecule has 7 nitrogen and oxygen atoms in total. The lowest BCUT2D eigenvalue weighted by molar-refractivity contribution is 0.0363. The number of nitriles is 1. The number of hydrogen-bond donors (Lipinski definition) is 0. The molecule has 0 bridgehead atoms. The maximum atomic E-state index is 12.0. The lowest BCUT2D eigenvalue weighted by Crippen LogP contribution is -2.44. The lowest BCUT2D eigenvalue weighted by Gasteiger charge is -2.29. The number of benzene rings is 1. The SMILES string of the molecule is CC(C)(C)OC(=O)N1Cc2cc(C#N)ccc2OS1(=O)=O. The largest absolute Gasteiger partial charge is 0.443 e. The lowest BCUT2D eigenvalue weighted by atomic mass is 10.1. The molecule has 1 aliphatic rings. The zero-order chi connectivity index (χ0) is 15.8. The molecule has 1 heterocycles. The van der Waals surface area contributed by atoms with Crippen molar-refractivity contribution in [3.63, 3.8) is 0 Å². The van der Waals surface area contributed by atoms with Gasteiger partial charge in [0.05, 0.1) is 18.2 Å². The molecule has 0 spiro atoms. The quantitative estimate of drug-likeness (QED) is 0.726. The number of fused-ring (bicyclic) bond motifs is 1. The molecule has 1 aromatic carbocycles. The maximum absolute atomic E-state index is 12.0. The number of nitrogens with zero attached hydrogens (tertiary/aromatic N) is 2. The Bertz CT molecular complexity index is 728. The topological polar surface area (TPSA) is 96.7 Å². The Hall–Kier alpha value is -2.27. The molecule has 0 saturated heterocycles. The van der Waals surface area contributed by atoms with Crippen molar-refractivity contribution in [1.82, 2.24) is 4.31 Å². The summed E-state index contributed by atoms with van der Waals surface area (Å²) in [5, 5.41) is 8.86. The second-order valence-corrected chi connectivity index (χ2v) is 6.93. The molecule has 8 heteroatoms. The van der Waals surface area contributed by atoms with Crippen LogP contribution >= 0.6 is 0 Å². The third kappa shape index (κ3) is 3.25. The van der Waals surface area contributed by atoms with Crippen molar-refractivity contribution in [3.05, 3.63) is 29.3 Å².